The van der Waals surface area contributed by atoms with E-state index in [9.17, 15) is 14.9 Å². The maximum absolute atomic E-state index is 14.1. The van der Waals surface area contributed by atoms with Crippen molar-refractivity contribution in [2.45, 2.75) is 26.4 Å². The number of hydrogen-bond donors (Lipinski definition) is 1. The summed E-state index contributed by atoms with van der Waals surface area (Å²) in [5.74, 6) is -0.834. The molecule has 1 aliphatic rings. The Bertz CT molecular complexity index is 1950. The van der Waals surface area contributed by atoms with E-state index in [0.29, 0.717) is 34.0 Å². The van der Waals surface area contributed by atoms with Crippen LogP contribution in [0.3, 0.4) is 0 Å². The molecule has 1 saturated heterocycles. The minimum Gasteiger partial charge on any atom is -0.497 e. The Morgan fingerprint density at radius 2 is 1.77 bits per heavy atom. The Morgan fingerprint density at radius 1 is 1.06 bits per heavy atom. The molecule has 1 aliphatic heterocycles. The van der Waals surface area contributed by atoms with Gasteiger partial charge in [0.15, 0.2) is 0 Å². The van der Waals surface area contributed by atoms with Crippen molar-refractivity contribution in [2.75, 3.05) is 26.2 Å². The predicted octanol–water partition coefficient (Wildman–Crippen LogP) is 5.39. The molecule has 2 unspecified atom stereocenters. The summed E-state index contributed by atoms with van der Waals surface area (Å²) in [7, 11) is 4.45. The number of carbonyl (C=O) groups excluding carboxylic acids is 1. The fraction of sp³-hybridized carbons (Fsp3) is 0.265. The highest BCUT2D eigenvalue weighted by atomic mass is 35.5. The first-order valence-corrected chi connectivity index (χ1v) is 15.0. The van der Waals surface area contributed by atoms with Gasteiger partial charge < -0.3 is 18.8 Å². The summed E-state index contributed by atoms with van der Waals surface area (Å²) in [5.41, 5.74) is 2.39. The second-order valence-electron chi connectivity index (χ2n) is 11.0. The first-order valence-electron chi connectivity index (χ1n) is 14.6. The normalized spacial score (nSPS) is 16.4. The van der Waals surface area contributed by atoms with E-state index in [-0.39, 0.29) is 35.1 Å². The first-order chi connectivity index (χ1) is 22.6. The van der Waals surface area contributed by atoms with Crippen LogP contribution < -0.4 is 24.7 Å². The zero-order valence-corrected chi connectivity index (χ0v) is 27.1. The third-order valence-electron chi connectivity index (χ3n) is 7.80. The van der Waals surface area contributed by atoms with Crippen molar-refractivity contribution in [3.63, 3.8) is 0 Å². The van der Waals surface area contributed by atoms with Crippen molar-refractivity contribution in [2.24, 2.45) is 16.8 Å². The lowest BCUT2D eigenvalue weighted by atomic mass is 9.83. The van der Waals surface area contributed by atoms with E-state index in [2.05, 4.69) is 16.0 Å². The fourth-order valence-corrected chi connectivity index (χ4v) is 5.73. The molecule has 0 aliphatic carbocycles. The Hall–Kier alpha value is -5.54. The lowest BCUT2D eigenvalue weighted by Gasteiger charge is -2.30. The number of nitrogens with one attached hydrogen (secondary N) is 1. The van der Waals surface area contributed by atoms with Gasteiger partial charge in [-0.3, -0.25) is 19.9 Å². The molecule has 4 aromatic rings. The number of hydrogen-bond acceptors (Lipinski definition) is 10. The van der Waals surface area contributed by atoms with Gasteiger partial charge in [0.25, 0.3) is 11.5 Å². The third-order valence-corrected chi connectivity index (χ3v) is 8.07. The summed E-state index contributed by atoms with van der Waals surface area (Å²) in [6.45, 7) is 4.01. The van der Waals surface area contributed by atoms with Gasteiger partial charge in [0.2, 0.25) is 5.88 Å². The highest BCUT2D eigenvalue weighted by Crippen LogP contribution is 2.43. The van der Waals surface area contributed by atoms with Gasteiger partial charge in [-0.05, 0) is 47.4 Å². The van der Waals surface area contributed by atoms with Crippen LogP contribution in [0.2, 0.25) is 5.02 Å². The van der Waals surface area contributed by atoms with Crippen molar-refractivity contribution < 1.29 is 19.0 Å². The number of benzene rings is 2. The van der Waals surface area contributed by atoms with Crippen LogP contribution in [-0.2, 0) is 11.3 Å². The van der Waals surface area contributed by atoms with Gasteiger partial charge in [-0.2, -0.15) is 10.2 Å². The van der Waals surface area contributed by atoms with Crippen LogP contribution in [0.25, 0.3) is 0 Å². The second kappa shape index (κ2) is 13.8. The molecule has 12 nitrogen and oxygen atoms in total. The maximum atomic E-state index is 14.1. The Labute approximate surface area is 276 Å². The monoisotopic (exact) mass is 653 g/mol. The molecule has 240 valence electrons. The highest BCUT2D eigenvalue weighted by Gasteiger charge is 2.49. The minimum absolute atomic E-state index is 0.0877. The number of nitrogens with zero attached hydrogens (tertiary/aromatic N) is 6. The van der Waals surface area contributed by atoms with E-state index in [1.165, 1.54) is 35.9 Å². The van der Waals surface area contributed by atoms with Gasteiger partial charge in [0.1, 0.15) is 22.2 Å². The highest BCUT2D eigenvalue weighted by molar-refractivity contribution is 6.49. The van der Waals surface area contributed by atoms with Crippen molar-refractivity contribution in [3.05, 3.63) is 99.1 Å². The summed E-state index contributed by atoms with van der Waals surface area (Å²) >= 11 is 6.50. The topological polar surface area (TPSA) is 156 Å². The lowest BCUT2D eigenvalue weighted by Crippen LogP contribution is -2.33. The Kier molecular flexibility index (Phi) is 9.67. The van der Waals surface area contributed by atoms with Crippen molar-refractivity contribution in [3.8, 4) is 23.7 Å². The fourth-order valence-electron chi connectivity index (χ4n) is 5.51. The molecule has 3 heterocycles. The van der Waals surface area contributed by atoms with E-state index in [1.54, 1.807) is 49.7 Å². The van der Waals surface area contributed by atoms with Gasteiger partial charge in [0.05, 0.1) is 63.4 Å². The molecule has 5 rings (SSSR count). The number of anilines is 1. The minimum atomic E-state index is -0.844. The molecular formula is C34H32ClN7O5. The number of carbonyl (C=O) groups is 1. The van der Waals surface area contributed by atoms with E-state index in [1.807, 2.05) is 26.0 Å². The molecular weight excluding hydrogens is 622 g/mol. The maximum Gasteiger partial charge on any atom is 0.319 e. The standard InChI is InChI=1S/C34H32ClN7O5/c1-19(2)29(39-26-16-38-34(47-5)40-31(26)46-4)27-28(37)33(44)42(30(27)22-10-6-20(15-36)7-11-22)23-14-25(35)32(43)41(18-23)17-21-8-12-24(45-3)13-9-21/h6-14,16,18-19,27,30,37H,17H2,1-5H3. The van der Waals surface area contributed by atoms with Crippen molar-refractivity contribution >= 4 is 40.3 Å². The number of amides is 1. The molecule has 2 aromatic heterocycles. The van der Waals surface area contributed by atoms with Gasteiger partial charge >= 0.3 is 6.01 Å². The number of rotatable bonds is 10. The zero-order chi connectivity index (χ0) is 33.8. The summed E-state index contributed by atoms with van der Waals surface area (Å²) < 4.78 is 17.3. The number of nitriles is 1. The van der Waals surface area contributed by atoms with Crippen LogP contribution in [0.15, 0.2) is 76.8 Å². The van der Waals surface area contributed by atoms with Gasteiger partial charge in [0, 0.05) is 11.9 Å². The zero-order valence-electron chi connectivity index (χ0n) is 26.4. The molecule has 1 fully saturated rings. The summed E-state index contributed by atoms with van der Waals surface area (Å²) in [5, 5.41) is 18.5. The SMILES string of the molecule is COc1ccc(Cn2cc(N3C(=O)C(=N)C(C(=Nc4cnc(OC)nc4OC)C(C)C)C3c3ccc(C#N)cc3)cc(Cl)c2=O)cc1. The third kappa shape index (κ3) is 6.57. The second-order valence-corrected chi connectivity index (χ2v) is 11.4. The van der Waals surface area contributed by atoms with E-state index in [0.717, 1.165) is 5.56 Å². The Morgan fingerprint density at radius 3 is 2.36 bits per heavy atom. The van der Waals surface area contributed by atoms with Gasteiger partial charge in [-0.15, -0.1) is 0 Å². The lowest BCUT2D eigenvalue weighted by molar-refractivity contribution is -0.112. The smallest absolute Gasteiger partial charge is 0.319 e. The molecule has 47 heavy (non-hydrogen) atoms. The molecule has 1 amide bonds. The molecule has 0 spiro atoms. The van der Waals surface area contributed by atoms with Crippen LogP contribution >= 0.6 is 11.6 Å². The number of methoxy groups -OCH3 is 3. The van der Waals surface area contributed by atoms with E-state index < -0.39 is 23.4 Å². The quantitative estimate of drug-likeness (QED) is 0.223. The van der Waals surface area contributed by atoms with Crippen LogP contribution in [0.4, 0.5) is 11.4 Å². The van der Waals surface area contributed by atoms with Crippen LogP contribution in [-0.4, -0.2) is 53.2 Å². The molecule has 2 atom stereocenters. The number of ether oxygens (including phenoxy) is 3. The predicted molar refractivity (Wildman–Crippen MR) is 177 cm³/mol. The van der Waals surface area contributed by atoms with Gasteiger partial charge in [-0.25, -0.2) is 9.98 Å². The molecule has 2 aromatic carbocycles. The average Bonchev–Trinajstić information content (AvgIpc) is 3.34. The van der Waals surface area contributed by atoms with Crippen molar-refractivity contribution in [1.29, 1.82) is 10.7 Å². The summed E-state index contributed by atoms with van der Waals surface area (Å²) in [4.78, 5) is 42.1. The summed E-state index contributed by atoms with van der Waals surface area (Å²) in [6.07, 6.45) is 3.02. The largest absolute Gasteiger partial charge is 0.497 e. The van der Waals surface area contributed by atoms with Crippen LogP contribution in [0.5, 0.6) is 17.6 Å². The van der Waals surface area contributed by atoms with E-state index >= 15 is 0 Å². The van der Waals surface area contributed by atoms with E-state index in [4.69, 9.17) is 36.2 Å². The van der Waals surface area contributed by atoms with Crippen LogP contribution in [0, 0.1) is 28.6 Å². The van der Waals surface area contributed by atoms with Gasteiger partial charge in [-0.1, -0.05) is 49.7 Å². The molecule has 13 heteroatoms. The number of aliphatic imine (C=N–C) groups is 1. The number of halogens is 1. The average molecular weight is 654 g/mol. The van der Waals surface area contributed by atoms with Crippen LogP contribution in [0.1, 0.15) is 36.6 Å². The molecule has 1 N–H and O–H groups in total. The molecule has 0 bridgehead atoms. The Balaban J connectivity index is 1.67. The molecule has 0 saturated carbocycles. The first kappa shape index (κ1) is 32.8. The summed E-state index contributed by atoms with van der Waals surface area (Å²) in [6, 6.07) is 16.9. The molecule has 0 radical (unpaired) electrons. The number of aromatic nitrogens is 3. The van der Waals surface area contributed by atoms with Crippen molar-refractivity contribution in [1.82, 2.24) is 14.5 Å². The number of pyridine rings is 1.